The number of hydrogen-bond donors (Lipinski definition) is 4. The van der Waals surface area contributed by atoms with Crippen molar-refractivity contribution in [3.63, 3.8) is 0 Å². The van der Waals surface area contributed by atoms with E-state index in [2.05, 4.69) is 40.7 Å². The van der Waals surface area contributed by atoms with Crippen molar-refractivity contribution in [1.29, 1.82) is 0 Å². The minimum Gasteiger partial charge on any atom is -0.361 e. The summed E-state index contributed by atoms with van der Waals surface area (Å²) in [6, 6.07) is 6.26. The second-order valence-electron chi connectivity index (χ2n) is 5.09. The largest absolute Gasteiger partial charge is 0.361 e. The van der Waals surface area contributed by atoms with Crippen molar-refractivity contribution in [3.05, 3.63) is 35.5 Å². The van der Waals surface area contributed by atoms with Crippen LogP contribution in [0.2, 0.25) is 0 Å². The van der Waals surface area contributed by atoms with Gasteiger partial charge >= 0.3 is 0 Å². The molecule has 0 aliphatic heterocycles. The first-order valence-corrected chi connectivity index (χ1v) is 7.47. The molecule has 0 atom stereocenters. The number of aryl methyl sites for hydroxylation is 1. The molecule has 0 radical (unpaired) electrons. The van der Waals surface area contributed by atoms with Gasteiger partial charge in [-0.25, -0.2) is 0 Å². The molecule has 1 aromatic carbocycles. The average molecular weight is 339 g/mol. The maximum Gasteiger partial charge on any atom is 0.239 e. The van der Waals surface area contributed by atoms with Gasteiger partial charge in [-0.05, 0) is 24.0 Å². The fraction of sp³-hybridized carbons (Fsp3) is 0.375. The van der Waals surface area contributed by atoms with Gasteiger partial charge in [0.25, 0.3) is 0 Å². The number of rotatable bonds is 7. The smallest absolute Gasteiger partial charge is 0.239 e. The molecule has 0 bridgehead atoms. The van der Waals surface area contributed by atoms with Gasteiger partial charge in [-0.15, -0.1) is 12.4 Å². The maximum atomic E-state index is 11.6. The van der Waals surface area contributed by atoms with Crippen LogP contribution >= 0.6 is 12.4 Å². The molecule has 1 heterocycles. The molecule has 23 heavy (non-hydrogen) atoms. The number of hydrogen-bond acceptors (Lipinski definition) is 3. The number of aromatic amines is 1. The monoisotopic (exact) mass is 338 g/mol. The predicted molar refractivity (Wildman–Crippen MR) is 93.7 cm³/mol. The van der Waals surface area contributed by atoms with Gasteiger partial charge in [0.15, 0.2) is 0 Å². The molecule has 5 N–H and O–H groups in total. The highest BCUT2D eigenvalue weighted by Crippen LogP contribution is 2.22. The van der Waals surface area contributed by atoms with E-state index < -0.39 is 0 Å². The third-order valence-corrected chi connectivity index (χ3v) is 3.62. The quantitative estimate of drug-likeness (QED) is 0.603. The first-order valence-electron chi connectivity index (χ1n) is 7.47. The molecular formula is C16H23ClN4O2. The molecule has 0 aliphatic carbocycles. The number of carbonyl (C=O) groups excluding carboxylic acids is 2. The zero-order valence-corrected chi connectivity index (χ0v) is 14.0. The van der Waals surface area contributed by atoms with Crippen LogP contribution in [-0.2, 0) is 22.4 Å². The molecule has 7 heteroatoms. The zero-order valence-electron chi connectivity index (χ0n) is 13.1. The maximum absolute atomic E-state index is 11.6. The Bertz CT molecular complexity index is 669. The molecule has 126 valence electrons. The molecule has 0 saturated carbocycles. The number of para-hydroxylation sites is 1. The van der Waals surface area contributed by atoms with Crippen molar-refractivity contribution in [2.75, 3.05) is 19.6 Å². The third kappa shape index (κ3) is 4.97. The summed E-state index contributed by atoms with van der Waals surface area (Å²) in [6.45, 7) is 2.51. The van der Waals surface area contributed by atoms with Crippen LogP contribution in [0.4, 0.5) is 0 Å². The zero-order chi connectivity index (χ0) is 15.9. The lowest BCUT2D eigenvalue weighted by Crippen LogP contribution is -2.40. The number of benzene rings is 1. The second-order valence-corrected chi connectivity index (χ2v) is 5.09. The molecule has 2 rings (SSSR count). The minimum atomic E-state index is -0.334. The van der Waals surface area contributed by atoms with E-state index in [4.69, 9.17) is 5.73 Å². The van der Waals surface area contributed by atoms with Gasteiger partial charge in [-0.3, -0.25) is 9.59 Å². The van der Waals surface area contributed by atoms with E-state index in [1.807, 2.05) is 6.20 Å². The number of fused-ring (bicyclic) bond motifs is 1. The summed E-state index contributed by atoms with van der Waals surface area (Å²) >= 11 is 0. The summed E-state index contributed by atoms with van der Waals surface area (Å²) in [6.07, 6.45) is 3.71. The molecule has 0 saturated heterocycles. The van der Waals surface area contributed by atoms with E-state index in [1.54, 1.807) is 0 Å². The van der Waals surface area contributed by atoms with Crippen molar-refractivity contribution in [1.82, 2.24) is 15.6 Å². The molecule has 0 unspecified atom stereocenters. The molecule has 1 aromatic heterocycles. The molecule has 2 amide bonds. The molecule has 0 aliphatic rings. The predicted octanol–water partition coefficient (Wildman–Crippen LogP) is 0.886. The summed E-state index contributed by atoms with van der Waals surface area (Å²) in [5, 5.41) is 6.42. The summed E-state index contributed by atoms with van der Waals surface area (Å²) in [7, 11) is 0. The van der Waals surface area contributed by atoms with E-state index in [1.165, 1.54) is 22.0 Å². The topological polar surface area (TPSA) is 100 Å². The van der Waals surface area contributed by atoms with E-state index in [-0.39, 0.29) is 37.3 Å². The third-order valence-electron chi connectivity index (χ3n) is 3.62. The molecule has 0 spiro atoms. The van der Waals surface area contributed by atoms with E-state index in [0.29, 0.717) is 6.54 Å². The Labute approximate surface area is 141 Å². The lowest BCUT2D eigenvalue weighted by atomic mass is 10.1. The van der Waals surface area contributed by atoms with Crippen molar-refractivity contribution >= 4 is 35.1 Å². The van der Waals surface area contributed by atoms with Crippen molar-refractivity contribution in [2.24, 2.45) is 5.73 Å². The van der Waals surface area contributed by atoms with E-state index in [9.17, 15) is 9.59 Å². The summed E-state index contributed by atoms with van der Waals surface area (Å²) in [5.74, 6) is -0.547. The standard InChI is InChI=1S/C16H22N4O2.ClH/c1-2-11-4-3-5-13-12(9-20-16(11)13)6-7-18-15(22)10-19-14(21)8-17;/h3-5,9,20H,2,6-8,10,17H2,1H3,(H,18,22)(H,19,21);1H. The summed E-state index contributed by atoms with van der Waals surface area (Å²) in [4.78, 5) is 25.9. The van der Waals surface area contributed by atoms with Gasteiger partial charge in [-0.1, -0.05) is 25.1 Å². The van der Waals surface area contributed by atoms with Gasteiger partial charge in [-0.2, -0.15) is 0 Å². The molecule has 6 nitrogen and oxygen atoms in total. The van der Waals surface area contributed by atoms with Gasteiger partial charge in [0, 0.05) is 23.6 Å². The minimum absolute atomic E-state index is 0. The Morgan fingerprint density at radius 2 is 1.96 bits per heavy atom. The van der Waals surface area contributed by atoms with Crippen molar-refractivity contribution in [2.45, 2.75) is 19.8 Å². The lowest BCUT2D eigenvalue weighted by Gasteiger charge is -2.06. The van der Waals surface area contributed by atoms with Crippen LogP contribution in [0.15, 0.2) is 24.4 Å². The van der Waals surface area contributed by atoms with Crippen LogP contribution in [0.1, 0.15) is 18.1 Å². The van der Waals surface area contributed by atoms with Gasteiger partial charge in [0.05, 0.1) is 13.1 Å². The second kappa shape index (κ2) is 9.17. The molecular weight excluding hydrogens is 316 g/mol. The Hall–Kier alpha value is -2.05. The van der Waals surface area contributed by atoms with Crippen LogP contribution in [0.25, 0.3) is 10.9 Å². The van der Waals surface area contributed by atoms with Crippen LogP contribution in [0, 0.1) is 0 Å². The highest BCUT2D eigenvalue weighted by molar-refractivity contribution is 5.87. The van der Waals surface area contributed by atoms with Crippen LogP contribution in [-0.4, -0.2) is 36.4 Å². The summed E-state index contributed by atoms with van der Waals surface area (Å²) in [5.41, 5.74) is 8.79. The summed E-state index contributed by atoms with van der Waals surface area (Å²) < 4.78 is 0. The number of amides is 2. The van der Waals surface area contributed by atoms with Crippen LogP contribution in [0.5, 0.6) is 0 Å². The lowest BCUT2D eigenvalue weighted by molar-refractivity contribution is -0.125. The Kier molecular flexibility index (Phi) is 7.57. The Balaban J connectivity index is 0.00000264. The number of nitrogens with one attached hydrogen (secondary N) is 3. The fourth-order valence-electron chi connectivity index (χ4n) is 2.43. The van der Waals surface area contributed by atoms with Crippen molar-refractivity contribution in [3.8, 4) is 0 Å². The van der Waals surface area contributed by atoms with Crippen molar-refractivity contribution < 1.29 is 9.59 Å². The van der Waals surface area contributed by atoms with E-state index >= 15 is 0 Å². The molecule has 0 fully saturated rings. The van der Waals surface area contributed by atoms with Gasteiger partial charge in [0.2, 0.25) is 11.8 Å². The number of halogens is 1. The first-order chi connectivity index (χ1) is 10.7. The van der Waals surface area contributed by atoms with Gasteiger partial charge in [0.1, 0.15) is 0 Å². The van der Waals surface area contributed by atoms with Crippen LogP contribution in [0.3, 0.4) is 0 Å². The SMILES string of the molecule is CCc1cccc2c(CCNC(=O)CNC(=O)CN)c[nH]c12.Cl. The highest BCUT2D eigenvalue weighted by Gasteiger charge is 2.07. The first kappa shape index (κ1) is 19.0. The van der Waals surface area contributed by atoms with Gasteiger partial charge < -0.3 is 21.4 Å². The fourth-order valence-corrected chi connectivity index (χ4v) is 2.43. The molecule has 2 aromatic rings. The average Bonchev–Trinajstić information content (AvgIpc) is 2.95. The van der Waals surface area contributed by atoms with E-state index in [0.717, 1.165) is 12.8 Å². The number of carbonyl (C=O) groups is 2. The number of H-pyrrole nitrogens is 1. The normalized spacial score (nSPS) is 10.2. The highest BCUT2D eigenvalue weighted by atomic mass is 35.5. The van der Waals surface area contributed by atoms with Crippen LogP contribution < -0.4 is 16.4 Å². The Morgan fingerprint density at radius 1 is 1.17 bits per heavy atom. The number of aromatic nitrogens is 1. The Morgan fingerprint density at radius 3 is 2.65 bits per heavy atom. The number of nitrogens with two attached hydrogens (primary N) is 1.